The maximum absolute atomic E-state index is 13.0. The molecular formula is C59H112N2O8Si2. The molecule has 8 atom stereocenters. The van der Waals surface area contributed by atoms with Crippen LogP contribution in [-0.2, 0) is 32.8 Å². The van der Waals surface area contributed by atoms with E-state index in [1.54, 1.807) is 32.8 Å². The third-order valence-corrected chi connectivity index (χ3v) is 24.7. The summed E-state index contributed by atoms with van der Waals surface area (Å²) in [5.41, 5.74) is 3.81. The Morgan fingerprint density at radius 2 is 0.901 bits per heavy atom. The molecule has 2 amide bonds. The fourth-order valence-electron chi connectivity index (χ4n) is 7.74. The van der Waals surface area contributed by atoms with Crippen LogP contribution in [0.15, 0.2) is 46.6 Å². The zero-order valence-electron chi connectivity index (χ0n) is 50.9. The molecule has 0 spiro atoms. The van der Waals surface area contributed by atoms with Gasteiger partial charge in [-0.1, -0.05) is 121 Å². The van der Waals surface area contributed by atoms with Gasteiger partial charge in [-0.05, 0) is 170 Å². The third-order valence-electron chi connectivity index (χ3n) is 15.8. The monoisotopic (exact) mass is 1030 g/mol. The standard InChI is InChI=1S/C28H53NO3Si.C27H51NO4Si.C4H8O/c1-15-20(4)26(32-33(13,14)28(9,10)11)23(7)21(5)16-17-22(6)27(31)29(12)25(24(8)30)18-19(2)3;1-14-19(4)24(32-33(12,13)27(8,9)10)22(7)20(5)15-16-21(6)25(29)28(11)23(26(30)31)17-18(2)3;1-2-4-5-3-1/h15,17,19,21,23,25-26H,16,18H2,1-14H3;14,16,18,20,22-24H,15,17H2,1-13H3,(H,30,31);1-4H2/b20-15+,22-17+;19-14+,21-16+;/t21-,23-,25?,26+;20-,22-,23?,24+;/m00./s1. The first-order valence-corrected chi connectivity index (χ1v) is 32.9. The van der Waals surface area contributed by atoms with Gasteiger partial charge >= 0.3 is 5.97 Å². The van der Waals surface area contributed by atoms with Crippen molar-refractivity contribution in [3.63, 3.8) is 0 Å². The largest absolute Gasteiger partial charge is 0.480 e. The van der Waals surface area contributed by atoms with Crippen molar-refractivity contribution in [2.45, 2.75) is 244 Å². The Bertz CT molecular complexity index is 1630. The second kappa shape index (κ2) is 31.9. The van der Waals surface area contributed by atoms with Crippen molar-refractivity contribution in [3.8, 4) is 0 Å². The minimum atomic E-state index is -1.94. The number of nitrogens with zero attached hydrogens (tertiary/aromatic N) is 2. The Balaban J connectivity index is 0. The van der Waals surface area contributed by atoms with Crippen molar-refractivity contribution >= 4 is 40.2 Å². The van der Waals surface area contributed by atoms with Gasteiger partial charge in [0, 0.05) is 38.5 Å². The summed E-state index contributed by atoms with van der Waals surface area (Å²) >= 11 is 0. The first-order chi connectivity index (χ1) is 32.2. The fraction of sp³-hybridized carbons (Fsp3) is 0.797. The van der Waals surface area contributed by atoms with Crippen LogP contribution in [0, 0.1) is 35.5 Å². The third kappa shape index (κ3) is 24.5. The molecule has 0 aromatic carbocycles. The Morgan fingerprint density at radius 3 is 1.14 bits per heavy atom. The van der Waals surface area contributed by atoms with Gasteiger partial charge < -0.3 is 28.5 Å². The fourth-order valence-corrected chi connectivity index (χ4v) is 10.5. The number of likely N-dealkylation sites (N-methyl/N-ethyl adjacent to an activating group) is 2. The summed E-state index contributed by atoms with van der Waals surface area (Å²) in [5, 5.41) is 9.85. The summed E-state index contributed by atoms with van der Waals surface area (Å²) < 4.78 is 18.6. The second-order valence-electron chi connectivity index (χ2n) is 25.0. The molecule has 1 N–H and O–H groups in total. The van der Waals surface area contributed by atoms with Gasteiger partial charge in [0.2, 0.25) is 11.8 Å². The van der Waals surface area contributed by atoms with E-state index in [2.05, 4.69) is 149 Å². The molecule has 1 aliphatic rings. The van der Waals surface area contributed by atoms with E-state index in [1.807, 2.05) is 32.9 Å². The van der Waals surface area contributed by atoms with Crippen LogP contribution in [0.3, 0.4) is 0 Å². The van der Waals surface area contributed by atoms with Gasteiger partial charge in [0.05, 0.1) is 18.2 Å². The molecule has 12 heteroatoms. The minimum absolute atomic E-state index is 0.0420. The molecule has 1 fully saturated rings. The molecule has 1 aliphatic heterocycles. The Kier molecular flexibility index (Phi) is 31.7. The first kappa shape index (κ1) is 70.4. The lowest BCUT2D eigenvalue weighted by atomic mass is 9.85. The molecule has 414 valence electrons. The van der Waals surface area contributed by atoms with Crippen molar-refractivity contribution < 1.29 is 37.9 Å². The lowest BCUT2D eigenvalue weighted by Crippen LogP contribution is -2.46. The van der Waals surface area contributed by atoms with E-state index in [0.29, 0.717) is 47.7 Å². The van der Waals surface area contributed by atoms with Gasteiger partial charge in [-0.25, -0.2) is 4.79 Å². The number of carbonyl (C=O) groups is 4. The lowest BCUT2D eigenvalue weighted by molar-refractivity contribution is -0.148. The molecular weight excluding hydrogens is 921 g/mol. The van der Waals surface area contributed by atoms with E-state index in [0.717, 1.165) is 26.1 Å². The highest BCUT2D eigenvalue weighted by Gasteiger charge is 2.42. The number of aliphatic carboxylic acids is 1. The molecule has 0 aromatic rings. The van der Waals surface area contributed by atoms with Crippen LogP contribution in [-0.4, -0.2) is 107 Å². The van der Waals surface area contributed by atoms with Gasteiger partial charge in [-0.2, -0.15) is 0 Å². The average molecular weight is 1030 g/mol. The van der Waals surface area contributed by atoms with Crippen LogP contribution in [0.1, 0.15) is 184 Å². The number of allylic oxidation sites excluding steroid dienone is 4. The molecule has 1 rings (SSSR count). The van der Waals surface area contributed by atoms with Crippen molar-refractivity contribution in [3.05, 3.63) is 46.6 Å². The molecule has 0 bridgehead atoms. The van der Waals surface area contributed by atoms with Crippen LogP contribution in [0.5, 0.6) is 0 Å². The van der Waals surface area contributed by atoms with E-state index in [1.165, 1.54) is 28.9 Å². The number of carbonyl (C=O) groups excluding carboxylic acids is 3. The molecule has 10 nitrogen and oxygen atoms in total. The topological polar surface area (TPSA) is 123 Å². The van der Waals surface area contributed by atoms with E-state index in [-0.39, 0.29) is 57.8 Å². The van der Waals surface area contributed by atoms with E-state index in [9.17, 15) is 24.3 Å². The van der Waals surface area contributed by atoms with Crippen LogP contribution in [0.2, 0.25) is 36.3 Å². The van der Waals surface area contributed by atoms with Crippen LogP contribution in [0.25, 0.3) is 0 Å². The number of amides is 2. The lowest BCUT2D eigenvalue weighted by Gasteiger charge is -2.42. The molecule has 0 saturated carbocycles. The number of ether oxygens (including phenoxy) is 1. The number of carboxylic acids is 1. The Labute approximate surface area is 439 Å². The zero-order valence-corrected chi connectivity index (χ0v) is 52.9. The molecule has 1 saturated heterocycles. The van der Waals surface area contributed by atoms with Crippen LogP contribution in [0.4, 0.5) is 0 Å². The van der Waals surface area contributed by atoms with Gasteiger partial charge in [0.1, 0.15) is 6.04 Å². The molecule has 0 aliphatic carbocycles. The normalized spacial score (nSPS) is 18.0. The van der Waals surface area contributed by atoms with Gasteiger partial charge in [-0.15, -0.1) is 0 Å². The number of ketones is 1. The Hall–Kier alpha value is -2.65. The summed E-state index contributed by atoms with van der Waals surface area (Å²) in [6.07, 6.45) is 13.6. The quantitative estimate of drug-likeness (QED) is 0.0576. The number of hydrogen-bond donors (Lipinski definition) is 1. The highest BCUT2D eigenvalue weighted by molar-refractivity contribution is 6.74. The Morgan fingerprint density at radius 1 is 0.592 bits per heavy atom. The smallest absolute Gasteiger partial charge is 0.326 e. The number of hydrogen-bond acceptors (Lipinski definition) is 7. The van der Waals surface area contributed by atoms with Gasteiger partial charge in [-0.3, -0.25) is 14.4 Å². The number of Topliss-reactive ketones (excluding diaryl/α,β-unsaturated/α-hetero) is 1. The minimum Gasteiger partial charge on any atom is -0.480 e. The number of carboxylic acid groups (broad SMARTS) is 1. The van der Waals surface area contributed by atoms with Crippen molar-refractivity contribution in [1.29, 1.82) is 0 Å². The highest BCUT2D eigenvalue weighted by Crippen LogP contribution is 2.42. The van der Waals surface area contributed by atoms with E-state index < -0.39 is 28.6 Å². The average Bonchev–Trinajstić information content (AvgIpc) is 3.87. The second-order valence-corrected chi connectivity index (χ2v) is 34.5. The molecule has 0 aromatic heterocycles. The van der Waals surface area contributed by atoms with Gasteiger partial charge in [0.15, 0.2) is 22.4 Å². The predicted molar refractivity (Wildman–Crippen MR) is 307 cm³/mol. The summed E-state index contributed by atoms with van der Waals surface area (Å²) in [5.74, 6) is 0.597. The number of rotatable bonds is 24. The highest BCUT2D eigenvalue weighted by atomic mass is 28.4. The van der Waals surface area contributed by atoms with E-state index >= 15 is 0 Å². The van der Waals surface area contributed by atoms with Crippen molar-refractivity contribution in [1.82, 2.24) is 9.80 Å². The molecule has 71 heavy (non-hydrogen) atoms. The van der Waals surface area contributed by atoms with Crippen molar-refractivity contribution in [2.24, 2.45) is 35.5 Å². The van der Waals surface area contributed by atoms with E-state index in [4.69, 9.17) is 13.6 Å². The summed E-state index contributed by atoms with van der Waals surface area (Å²) in [6.45, 7) is 55.5. The summed E-state index contributed by atoms with van der Waals surface area (Å²) in [7, 11) is -0.525. The van der Waals surface area contributed by atoms with Gasteiger partial charge in [0.25, 0.3) is 0 Å². The summed E-state index contributed by atoms with van der Waals surface area (Å²) in [6, 6.07) is -1.17. The maximum Gasteiger partial charge on any atom is 0.326 e. The SMILES string of the molecule is C/C=C(\C)[C@@H](O[Si](C)(C)C(C)(C)C)[C@@H](C)[C@@H](C)C/C=C(\C)C(=O)N(C)C(CC(C)C)C(=O)O.C/C=C(\C)[C@@H](O[Si](C)(C)C(C)(C)C)[C@@H](C)[C@@H](C)C/C=C(\C)C(=O)N(C)C(CC(C)C)C(C)=O.C1CCOC1. The zero-order chi connectivity index (χ0) is 56.2. The van der Waals surface area contributed by atoms with Crippen LogP contribution >= 0.6 is 0 Å². The molecule has 1 heterocycles. The molecule has 2 unspecified atom stereocenters. The summed E-state index contributed by atoms with van der Waals surface area (Å²) in [4.78, 5) is 52.7. The predicted octanol–water partition coefficient (Wildman–Crippen LogP) is 15.1. The van der Waals surface area contributed by atoms with Crippen LogP contribution < -0.4 is 0 Å². The molecule has 0 radical (unpaired) electrons. The maximum atomic E-state index is 13.0. The first-order valence-electron chi connectivity index (χ1n) is 27.0. The van der Waals surface area contributed by atoms with Crippen molar-refractivity contribution in [2.75, 3.05) is 27.3 Å².